The fraction of sp³-hybridized carbons (Fsp3) is 0.313. The van der Waals surface area contributed by atoms with Crippen LogP contribution in [0.4, 0.5) is 11.4 Å². The van der Waals surface area contributed by atoms with Gasteiger partial charge in [0.25, 0.3) is 0 Å². The van der Waals surface area contributed by atoms with E-state index in [1.807, 2.05) is 0 Å². The Bertz CT molecular complexity index is 3060. The molecule has 70 heavy (non-hydrogen) atoms. The smallest absolute Gasteiger partial charge is 0.0561 e. The van der Waals surface area contributed by atoms with Crippen molar-refractivity contribution in [3.8, 4) is 0 Å². The largest absolute Gasteiger partial charge is 0.335 e. The van der Waals surface area contributed by atoms with Gasteiger partial charge in [-0.3, -0.25) is 0 Å². The Labute approximate surface area is 417 Å². The molecule has 1 heterocycles. The molecule has 0 N–H and O–H groups in total. The summed E-state index contributed by atoms with van der Waals surface area (Å²) in [5.41, 5.74) is 13.1. The number of aromatic nitrogens is 1. The summed E-state index contributed by atoms with van der Waals surface area (Å²) >= 11 is 0. The van der Waals surface area contributed by atoms with Crippen LogP contribution in [0.15, 0.2) is 229 Å². The number of benzene rings is 3. The minimum Gasteiger partial charge on any atom is -0.335 e. The van der Waals surface area contributed by atoms with Crippen molar-refractivity contribution in [2.24, 2.45) is 35.5 Å². The van der Waals surface area contributed by atoms with Crippen molar-refractivity contribution >= 4 is 38.9 Å². The second kappa shape index (κ2) is 20.0. The maximum absolute atomic E-state index is 2.66. The minimum atomic E-state index is 0.339. The third kappa shape index (κ3) is 8.93. The van der Waals surface area contributed by atoms with Crippen LogP contribution >= 0.6 is 0 Å². The first-order chi connectivity index (χ1) is 34.6. The van der Waals surface area contributed by atoms with Crippen molar-refractivity contribution in [3.63, 3.8) is 0 Å². The molecule has 3 heteroatoms. The van der Waals surface area contributed by atoms with E-state index in [0.717, 1.165) is 57.8 Å². The van der Waals surface area contributed by atoms with E-state index in [2.05, 4.69) is 228 Å². The Hall–Kier alpha value is -6.58. The molecule has 0 radical (unpaired) electrons. The number of para-hydroxylation sites is 1. The van der Waals surface area contributed by atoms with Gasteiger partial charge in [-0.15, -0.1) is 0 Å². The van der Waals surface area contributed by atoms with E-state index in [1.54, 1.807) is 0 Å². The number of nitrogens with zero attached hydrogens (tertiary/aromatic N) is 3. The molecule has 0 saturated heterocycles. The zero-order chi connectivity index (χ0) is 46.8. The van der Waals surface area contributed by atoms with E-state index in [-0.39, 0.29) is 0 Å². The van der Waals surface area contributed by atoms with Crippen molar-refractivity contribution in [3.05, 3.63) is 235 Å². The van der Waals surface area contributed by atoms with Gasteiger partial charge in [0.15, 0.2) is 0 Å². The monoisotopic (exact) mass is 916 g/mol. The molecule has 8 atom stereocenters. The summed E-state index contributed by atoms with van der Waals surface area (Å²) in [7, 11) is 0. The summed E-state index contributed by atoms with van der Waals surface area (Å²) in [5.74, 6) is 3.72. The quantitative estimate of drug-likeness (QED) is 0.139. The lowest BCUT2D eigenvalue weighted by molar-refractivity contribution is 0.404. The Balaban J connectivity index is 0.817. The van der Waals surface area contributed by atoms with E-state index in [0.29, 0.717) is 47.5 Å². The van der Waals surface area contributed by atoms with Crippen molar-refractivity contribution in [2.45, 2.75) is 95.9 Å². The van der Waals surface area contributed by atoms with Crippen LogP contribution in [0.5, 0.6) is 0 Å². The van der Waals surface area contributed by atoms with Crippen molar-refractivity contribution < 1.29 is 0 Å². The molecule has 3 nitrogen and oxygen atoms in total. The van der Waals surface area contributed by atoms with Gasteiger partial charge in [-0.1, -0.05) is 159 Å². The first kappa shape index (κ1) is 44.6. The van der Waals surface area contributed by atoms with E-state index in [9.17, 15) is 0 Å². The summed E-state index contributed by atoms with van der Waals surface area (Å²) in [6.45, 7) is 2.38. The van der Waals surface area contributed by atoms with Crippen molar-refractivity contribution in [1.82, 2.24) is 4.57 Å². The van der Waals surface area contributed by atoms with Crippen LogP contribution in [0, 0.1) is 35.5 Å². The molecule has 0 amide bonds. The topological polar surface area (TPSA) is 11.4 Å². The fourth-order valence-corrected chi connectivity index (χ4v) is 12.9. The molecular weight excluding hydrogens is 847 g/mol. The Kier molecular flexibility index (Phi) is 12.8. The summed E-state index contributed by atoms with van der Waals surface area (Å²) in [6, 6.07) is 26.1. The maximum atomic E-state index is 2.66. The lowest BCUT2D eigenvalue weighted by Gasteiger charge is -2.39. The van der Waals surface area contributed by atoms with Gasteiger partial charge in [0.2, 0.25) is 0 Å². The van der Waals surface area contributed by atoms with Crippen LogP contribution in [-0.2, 0) is 0 Å². The standard InChI is InChI=1S/C67H69N3/c1-48-15-11-12-22-63(48)55-33-43-59(44-34-55)68(57-35-25-51(26-36-57)49-16-5-2-6-17-49)58-37-29-53(30-38-58)54-31-41-61(42-32-54)69(60-39-27-52(28-40-60)50-18-7-3-8-19-50)62-45-46-65-64-23-13-14-24-66(64)70(67(65)47-62)56-20-9-4-10-21-56/h2,5-7,9,11,13-16,18-21,23-25,27,29,31,33-35,37-49,51-54,57,63H,3-4,8,10,12,17,22,26,28,30,32,36H2,1H3. The number of fused-ring (bicyclic) bond motifs is 3. The lowest BCUT2D eigenvalue weighted by Crippen LogP contribution is -2.36. The average Bonchev–Trinajstić information content (AvgIpc) is 3.77. The second-order valence-electron chi connectivity index (χ2n) is 21.1. The molecule has 8 aliphatic rings. The van der Waals surface area contributed by atoms with Gasteiger partial charge in [0.05, 0.1) is 17.1 Å². The lowest BCUT2D eigenvalue weighted by atomic mass is 9.79. The third-order valence-electron chi connectivity index (χ3n) is 16.8. The van der Waals surface area contributed by atoms with E-state index >= 15 is 0 Å². The molecule has 0 saturated carbocycles. The normalized spacial score (nSPS) is 28.2. The van der Waals surface area contributed by atoms with Crippen molar-refractivity contribution in [1.29, 1.82) is 0 Å². The minimum absolute atomic E-state index is 0.339. The van der Waals surface area contributed by atoms with E-state index < -0.39 is 0 Å². The highest BCUT2D eigenvalue weighted by Crippen LogP contribution is 2.43. The van der Waals surface area contributed by atoms with Crippen LogP contribution < -0.4 is 9.80 Å². The molecule has 0 bridgehead atoms. The SMILES string of the molecule is CC1C=CCCC1c1ccc(N(C2=CCC(C3C=CC(N(C4=CCC(C5=CCCC=C5)C=C4)c4ccc5c6ccccc6n(C6=CCCC=C6)c5c4)=CC3)C=C2)C2C=CC(C3C=CC=CC3)CC2)cc1. The number of anilines is 2. The Morgan fingerprint density at radius 2 is 1.23 bits per heavy atom. The summed E-state index contributed by atoms with van der Waals surface area (Å²) in [6.07, 6.45) is 69.1. The van der Waals surface area contributed by atoms with Gasteiger partial charge in [-0.05, 0) is 178 Å². The molecule has 8 aliphatic carbocycles. The van der Waals surface area contributed by atoms with Gasteiger partial charge >= 0.3 is 0 Å². The summed E-state index contributed by atoms with van der Waals surface area (Å²) < 4.78 is 2.49. The molecule has 0 aliphatic heterocycles. The zero-order valence-electron chi connectivity index (χ0n) is 41.1. The van der Waals surface area contributed by atoms with Crippen molar-refractivity contribution in [2.75, 3.05) is 9.80 Å². The first-order valence-electron chi connectivity index (χ1n) is 26.9. The first-order valence-corrected chi connectivity index (χ1v) is 26.9. The highest BCUT2D eigenvalue weighted by atomic mass is 15.2. The van der Waals surface area contributed by atoms with Crippen LogP contribution in [-0.4, -0.2) is 10.6 Å². The molecule has 0 fully saturated rings. The van der Waals surface area contributed by atoms with E-state index in [1.165, 1.54) is 86.4 Å². The number of hydrogen-bond acceptors (Lipinski definition) is 2. The molecule has 0 spiro atoms. The molecule has 8 unspecified atom stereocenters. The third-order valence-corrected chi connectivity index (χ3v) is 16.8. The Morgan fingerprint density at radius 1 is 0.486 bits per heavy atom. The molecule has 12 rings (SSSR count). The van der Waals surface area contributed by atoms with Gasteiger partial charge in [-0.25, -0.2) is 0 Å². The number of rotatable bonds is 11. The molecule has 3 aromatic carbocycles. The maximum Gasteiger partial charge on any atom is 0.0561 e. The summed E-state index contributed by atoms with van der Waals surface area (Å²) in [4.78, 5) is 5.19. The van der Waals surface area contributed by atoms with Gasteiger partial charge in [-0.2, -0.15) is 0 Å². The summed E-state index contributed by atoms with van der Waals surface area (Å²) in [5, 5.41) is 2.60. The number of allylic oxidation sites excluding steroid dienone is 24. The molecule has 1 aromatic heterocycles. The van der Waals surface area contributed by atoms with Crippen LogP contribution in [0.25, 0.3) is 27.5 Å². The number of hydrogen-bond donors (Lipinski definition) is 0. The molecular formula is C67H69N3. The van der Waals surface area contributed by atoms with Gasteiger partial charge in [0.1, 0.15) is 0 Å². The van der Waals surface area contributed by atoms with Crippen LogP contribution in [0.1, 0.15) is 95.5 Å². The van der Waals surface area contributed by atoms with Crippen LogP contribution in [0.2, 0.25) is 0 Å². The second-order valence-corrected chi connectivity index (χ2v) is 21.1. The predicted molar refractivity (Wildman–Crippen MR) is 298 cm³/mol. The van der Waals surface area contributed by atoms with Gasteiger partial charge in [0, 0.05) is 50.9 Å². The van der Waals surface area contributed by atoms with Crippen LogP contribution in [0.3, 0.4) is 0 Å². The van der Waals surface area contributed by atoms with E-state index in [4.69, 9.17) is 0 Å². The average molecular weight is 916 g/mol. The fourth-order valence-electron chi connectivity index (χ4n) is 12.9. The van der Waals surface area contributed by atoms with Gasteiger partial charge < -0.3 is 14.4 Å². The molecule has 4 aromatic rings. The molecule has 352 valence electrons. The highest BCUT2D eigenvalue weighted by Gasteiger charge is 2.31. The zero-order valence-corrected chi connectivity index (χ0v) is 41.1. The predicted octanol–water partition coefficient (Wildman–Crippen LogP) is 17.5. The Morgan fingerprint density at radius 3 is 1.91 bits per heavy atom. The highest BCUT2D eigenvalue weighted by molar-refractivity contribution is 6.11.